The van der Waals surface area contributed by atoms with Gasteiger partial charge in [0, 0.05) is 0 Å². The number of thioether (sulfide) groups is 1. The molecular weight excluding hydrogens is 252 g/mol. The number of ether oxygens (including phenoxy) is 2. The average Bonchev–Trinajstić information content (AvgIpc) is 2.36. The molecule has 0 saturated carbocycles. The molecule has 0 aliphatic rings. The van der Waals surface area contributed by atoms with Crippen molar-refractivity contribution >= 4 is 18.0 Å². The molecule has 5 nitrogen and oxygen atoms in total. The van der Waals surface area contributed by atoms with Gasteiger partial charge in [0.15, 0.2) is 5.16 Å². The number of aldehydes is 1. The molecule has 0 aliphatic carbocycles. The summed E-state index contributed by atoms with van der Waals surface area (Å²) in [5.41, 5.74) is 0. The molecule has 1 aromatic heterocycles. The molecule has 18 heavy (non-hydrogen) atoms. The fraction of sp³-hybridized carbons (Fsp3) is 0.583. The van der Waals surface area contributed by atoms with E-state index in [1.807, 2.05) is 0 Å². The molecule has 1 heterocycles. The molecule has 0 aliphatic heterocycles. The molecule has 0 N–H and O–H groups in total. The lowest BCUT2D eigenvalue weighted by atomic mass is 10.1. The largest absolute Gasteiger partial charge is 0.481 e. The van der Waals surface area contributed by atoms with E-state index in [9.17, 15) is 4.79 Å². The van der Waals surface area contributed by atoms with Gasteiger partial charge in [-0.15, -0.1) is 0 Å². The van der Waals surface area contributed by atoms with Crippen LogP contribution in [0, 0.1) is 5.92 Å². The molecule has 0 aromatic carbocycles. The van der Waals surface area contributed by atoms with Crippen LogP contribution in [0.5, 0.6) is 11.8 Å². The highest BCUT2D eigenvalue weighted by Gasteiger charge is 2.15. The minimum absolute atomic E-state index is 0.151. The lowest BCUT2D eigenvalue weighted by molar-refractivity contribution is -0.107. The van der Waals surface area contributed by atoms with Crippen LogP contribution >= 0.6 is 11.8 Å². The van der Waals surface area contributed by atoms with Crippen LogP contribution in [-0.2, 0) is 4.79 Å². The van der Waals surface area contributed by atoms with Crippen molar-refractivity contribution in [3.63, 3.8) is 0 Å². The second-order valence-electron chi connectivity index (χ2n) is 4.16. The molecule has 100 valence electrons. The summed E-state index contributed by atoms with van der Waals surface area (Å²) in [5.74, 6) is 1.30. The first-order chi connectivity index (χ1) is 8.58. The summed E-state index contributed by atoms with van der Waals surface area (Å²) in [6, 6.07) is 1.60. The van der Waals surface area contributed by atoms with E-state index in [4.69, 9.17) is 9.47 Å². The summed E-state index contributed by atoms with van der Waals surface area (Å²) < 4.78 is 10.1. The number of carbonyl (C=O) groups is 1. The van der Waals surface area contributed by atoms with E-state index >= 15 is 0 Å². The molecule has 0 spiro atoms. The van der Waals surface area contributed by atoms with Gasteiger partial charge in [0.05, 0.1) is 25.5 Å². The van der Waals surface area contributed by atoms with Gasteiger partial charge in [-0.3, -0.25) is 0 Å². The molecule has 0 bridgehead atoms. The number of hydrogen-bond donors (Lipinski definition) is 0. The Bertz CT molecular complexity index is 377. The maximum Gasteiger partial charge on any atom is 0.220 e. The summed E-state index contributed by atoms with van der Waals surface area (Å²) in [6.07, 6.45) is 1.72. The maximum atomic E-state index is 11.0. The van der Waals surface area contributed by atoms with Gasteiger partial charge in [-0.05, 0) is 12.3 Å². The van der Waals surface area contributed by atoms with Gasteiger partial charge in [-0.1, -0.05) is 25.6 Å². The van der Waals surface area contributed by atoms with E-state index in [2.05, 4.69) is 23.8 Å². The van der Waals surface area contributed by atoms with Crippen LogP contribution in [-0.4, -0.2) is 35.7 Å². The van der Waals surface area contributed by atoms with E-state index in [0.29, 0.717) is 22.8 Å². The molecular formula is C12H18N2O3S. The SMILES string of the molecule is COc1cc(OC)nc(SC(C=O)CC(C)C)n1. The summed E-state index contributed by atoms with van der Waals surface area (Å²) >= 11 is 1.33. The third kappa shape index (κ3) is 4.52. The van der Waals surface area contributed by atoms with E-state index < -0.39 is 0 Å². The molecule has 1 aromatic rings. The lowest BCUT2D eigenvalue weighted by Gasteiger charge is -2.12. The van der Waals surface area contributed by atoms with E-state index in [1.54, 1.807) is 6.07 Å². The van der Waals surface area contributed by atoms with Gasteiger partial charge < -0.3 is 14.3 Å². The van der Waals surface area contributed by atoms with E-state index in [-0.39, 0.29) is 5.25 Å². The number of hydrogen-bond acceptors (Lipinski definition) is 6. The summed E-state index contributed by atoms with van der Waals surface area (Å²) in [6.45, 7) is 4.15. The number of nitrogens with zero attached hydrogens (tertiary/aromatic N) is 2. The van der Waals surface area contributed by atoms with Crippen LogP contribution < -0.4 is 9.47 Å². The van der Waals surface area contributed by atoms with Crippen molar-refractivity contribution in [1.82, 2.24) is 9.97 Å². The van der Waals surface area contributed by atoms with Crippen molar-refractivity contribution < 1.29 is 14.3 Å². The minimum Gasteiger partial charge on any atom is -0.481 e. The van der Waals surface area contributed by atoms with Gasteiger partial charge in [-0.2, -0.15) is 9.97 Å². The zero-order chi connectivity index (χ0) is 13.5. The monoisotopic (exact) mass is 270 g/mol. The minimum atomic E-state index is -0.151. The fourth-order valence-electron chi connectivity index (χ4n) is 1.38. The smallest absolute Gasteiger partial charge is 0.220 e. The molecule has 1 rings (SSSR count). The van der Waals surface area contributed by atoms with Crippen molar-refractivity contribution in [1.29, 1.82) is 0 Å². The van der Waals surface area contributed by atoms with Crippen LogP contribution in [0.4, 0.5) is 0 Å². The Hall–Kier alpha value is -1.30. The normalized spacial score (nSPS) is 12.3. The zero-order valence-corrected chi connectivity index (χ0v) is 11.9. The highest BCUT2D eigenvalue weighted by atomic mass is 32.2. The zero-order valence-electron chi connectivity index (χ0n) is 11.0. The highest BCUT2D eigenvalue weighted by molar-refractivity contribution is 8.00. The Morgan fingerprint density at radius 3 is 2.22 bits per heavy atom. The van der Waals surface area contributed by atoms with Crippen LogP contribution in [0.2, 0.25) is 0 Å². The molecule has 0 amide bonds. The predicted octanol–water partition coefficient (Wildman–Crippen LogP) is 2.20. The average molecular weight is 270 g/mol. The Kier molecular flexibility index (Phi) is 5.91. The first-order valence-corrected chi connectivity index (χ1v) is 6.56. The summed E-state index contributed by atoms with van der Waals surface area (Å²) in [5, 5.41) is 0.339. The number of methoxy groups -OCH3 is 2. The van der Waals surface area contributed by atoms with Crippen molar-refractivity contribution in [3.05, 3.63) is 6.07 Å². The van der Waals surface area contributed by atoms with Crippen molar-refractivity contribution in [2.45, 2.75) is 30.7 Å². The highest BCUT2D eigenvalue weighted by Crippen LogP contribution is 2.27. The van der Waals surface area contributed by atoms with Gasteiger partial charge >= 0.3 is 0 Å². The van der Waals surface area contributed by atoms with Crippen molar-refractivity contribution in [2.24, 2.45) is 5.92 Å². The van der Waals surface area contributed by atoms with Gasteiger partial charge in [0.2, 0.25) is 11.8 Å². The van der Waals surface area contributed by atoms with Gasteiger partial charge in [0.1, 0.15) is 6.29 Å². The van der Waals surface area contributed by atoms with Crippen LogP contribution in [0.25, 0.3) is 0 Å². The second-order valence-corrected chi connectivity index (χ2v) is 5.36. The van der Waals surface area contributed by atoms with E-state index in [1.165, 1.54) is 26.0 Å². The molecule has 1 atom stereocenters. The first-order valence-electron chi connectivity index (χ1n) is 5.68. The second kappa shape index (κ2) is 7.20. The van der Waals surface area contributed by atoms with Crippen molar-refractivity contribution in [2.75, 3.05) is 14.2 Å². The predicted molar refractivity (Wildman–Crippen MR) is 70.3 cm³/mol. The molecule has 0 fully saturated rings. The Morgan fingerprint density at radius 1 is 1.28 bits per heavy atom. The topological polar surface area (TPSA) is 61.3 Å². The molecule has 0 saturated heterocycles. The molecule has 6 heteroatoms. The van der Waals surface area contributed by atoms with E-state index in [0.717, 1.165) is 12.7 Å². The standard InChI is InChI=1S/C12H18N2O3S/c1-8(2)5-9(7-15)18-12-13-10(16-3)6-11(14-12)17-4/h6-9H,5H2,1-4H3. The summed E-state index contributed by atoms with van der Waals surface area (Å²) in [4.78, 5) is 19.4. The number of carbonyl (C=O) groups excluding carboxylic acids is 1. The number of rotatable bonds is 7. The fourth-order valence-corrected chi connectivity index (χ4v) is 2.47. The van der Waals surface area contributed by atoms with Crippen LogP contribution in [0.15, 0.2) is 11.2 Å². The van der Waals surface area contributed by atoms with Crippen LogP contribution in [0.1, 0.15) is 20.3 Å². The van der Waals surface area contributed by atoms with Crippen LogP contribution in [0.3, 0.4) is 0 Å². The Labute approximate surface area is 111 Å². The third-order valence-corrected chi connectivity index (χ3v) is 3.19. The summed E-state index contributed by atoms with van der Waals surface area (Å²) in [7, 11) is 3.06. The first kappa shape index (κ1) is 14.8. The Morgan fingerprint density at radius 2 is 1.83 bits per heavy atom. The number of aromatic nitrogens is 2. The quantitative estimate of drug-likeness (QED) is 0.430. The molecule has 1 unspecified atom stereocenters. The van der Waals surface area contributed by atoms with Gasteiger partial charge in [-0.25, -0.2) is 0 Å². The van der Waals surface area contributed by atoms with Crippen molar-refractivity contribution in [3.8, 4) is 11.8 Å². The maximum absolute atomic E-state index is 11.0. The lowest BCUT2D eigenvalue weighted by Crippen LogP contribution is -2.09. The molecule has 0 radical (unpaired) electrons. The third-order valence-electron chi connectivity index (χ3n) is 2.19. The Balaban J connectivity index is 2.84. The van der Waals surface area contributed by atoms with Gasteiger partial charge in [0.25, 0.3) is 0 Å².